The third-order valence-electron chi connectivity index (χ3n) is 1.01. The second-order valence-corrected chi connectivity index (χ2v) is 5.77. The lowest BCUT2D eigenvalue weighted by Crippen LogP contribution is -1.95. The molecule has 1 unspecified atom stereocenters. The van der Waals surface area contributed by atoms with Crippen molar-refractivity contribution in [2.45, 2.75) is 18.2 Å². The van der Waals surface area contributed by atoms with E-state index >= 15 is 0 Å². The van der Waals surface area contributed by atoms with Crippen molar-refractivity contribution in [2.24, 2.45) is 0 Å². The molecular formula is C6H7Br2NS. The van der Waals surface area contributed by atoms with E-state index in [1.165, 1.54) is 0 Å². The third-order valence-corrected chi connectivity index (χ3v) is 2.75. The van der Waals surface area contributed by atoms with Crippen LogP contribution in [0.2, 0.25) is 0 Å². The van der Waals surface area contributed by atoms with Gasteiger partial charge in [0.25, 0.3) is 0 Å². The van der Waals surface area contributed by atoms with E-state index in [9.17, 15) is 0 Å². The number of halogens is 2. The van der Waals surface area contributed by atoms with Crippen molar-refractivity contribution >= 4 is 43.2 Å². The van der Waals surface area contributed by atoms with Gasteiger partial charge in [0.05, 0.1) is 5.69 Å². The van der Waals surface area contributed by atoms with Crippen molar-refractivity contribution in [1.82, 2.24) is 4.98 Å². The van der Waals surface area contributed by atoms with E-state index < -0.39 is 0 Å². The van der Waals surface area contributed by atoms with Crippen molar-refractivity contribution < 1.29 is 0 Å². The molecule has 0 saturated heterocycles. The molecule has 56 valence electrons. The van der Waals surface area contributed by atoms with Crippen LogP contribution in [-0.4, -0.2) is 9.81 Å². The van der Waals surface area contributed by atoms with Gasteiger partial charge in [-0.3, -0.25) is 0 Å². The van der Waals surface area contributed by atoms with Gasteiger partial charge in [-0.1, -0.05) is 22.9 Å². The first-order valence-electron chi connectivity index (χ1n) is 2.92. The molecule has 0 radical (unpaired) electrons. The Morgan fingerprint density at radius 3 is 2.90 bits per heavy atom. The summed E-state index contributed by atoms with van der Waals surface area (Å²) in [5, 5.41) is 2.07. The minimum atomic E-state index is 0.515. The normalized spacial score (nSPS) is 13.5. The summed E-state index contributed by atoms with van der Waals surface area (Å²) in [4.78, 5) is 4.77. The van der Waals surface area contributed by atoms with Crippen LogP contribution in [0, 0.1) is 0 Å². The molecule has 1 nitrogen and oxygen atoms in total. The number of rotatable bonds is 2. The largest absolute Gasteiger partial charge is 0.234 e. The number of hydrogen-bond donors (Lipinski definition) is 0. The van der Waals surface area contributed by atoms with Gasteiger partial charge >= 0.3 is 0 Å². The molecule has 1 atom stereocenters. The Morgan fingerprint density at radius 2 is 2.50 bits per heavy atom. The van der Waals surface area contributed by atoms with Gasteiger partial charge in [0.1, 0.15) is 0 Å². The van der Waals surface area contributed by atoms with Crippen molar-refractivity contribution in [3.05, 3.63) is 15.0 Å². The van der Waals surface area contributed by atoms with Crippen molar-refractivity contribution in [1.29, 1.82) is 0 Å². The second kappa shape index (κ2) is 3.83. The predicted molar refractivity (Wildman–Crippen MR) is 51.9 cm³/mol. The molecule has 0 aliphatic carbocycles. The Morgan fingerprint density at radius 1 is 1.80 bits per heavy atom. The van der Waals surface area contributed by atoms with Crippen LogP contribution in [0.25, 0.3) is 0 Å². The average molecular weight is 285 g/mol. The molecule has 0 amide bonds. The first kappa shape index (κ1) is 8.68. The molecule has 4 heteroatoms. The fourth-order valence-corrected chi connectivity index (χ4v) is 2.06. The summed E-state index contributed by atoms with van der Waals surface area (Å²) in [6.45, 7) is 2.12. The highest BCUT2D eigenvalue weighted by molar-refractivity contribution is 9.11. The minimum absolute atomic E-state index is 0.515. The van der Waals surface area contributed by atoms with Gasteiger partial charge in [0.15, 0.2) is 3.92 Å². The zero-order valence-electron chi connectivity index (χ0n) is 5.47. The summed E-state index contributed by atoms with van der Waals surface area (Å²) in [6.07, 6.45) is 1.00. The van der Waals surface area contributed by atoms with Crippen LogP contribution in [0.4, 0.5) is 0 Å². The molecular weight excluding hydrogens is 278 g/mol. The molecule has 0 aliphatic heterocycles. The molecule has 0 bridgehead atoms. The van der Waals surface area contributed by atoms with E-state index in [-0.39, 0.29) is 0 Å². The lowest BCUT2D eigenvalue weighted by molar-refractivity contribution is 0.923. The van der Waals surface area contributed by atoms with E-state index in [0.717, 1.165) is 16.0 Å². The summed E-state index contributed by atoms with van der Waals surface area (Å²) in [5.74, 6) is 0. The van der Waals surface area contributed by atoms with Crippen LogP contribution in [0.1, 0.15) is 12.6 Å². The van der Waals surface area contributed by atoms with Crippen molar-refractivity contribution in [3.63, 3.8) is 0 Å². The van der Waals surface area contributed by atoms with Gasteiger partial charge in [-0.2, -0.15) is 0 Å². The van der Waals surface area contributed by atoms with E-state index in [1.807, 2.05) is 0 Å². The highest BCUT2D eigenvalue weighted by Gasteiger charge is 2.01. The molecule has 0 spiro atoms. The van der Waals surface area contributed by atoms with E-state index in [0.29, 0.717) is 4.83 Å². The zero-order chi connectivity index (χ0) is 7.56. The van der Waals surface area contributed by atoms with E-state index in [4.69, 9.17) is 0 Å². The Hall–Kier alpha value is 0.590. The Bertz CT molecular complexity index is 209. The Kier molecular flexibility index (Phi) is 3.33. The number of thiazole rings is 1. The van der Waals surface area contributed by atoms with E-state index in [1.54, 1.807) is 11.3 Å². The highest BCUT2D eigenvalue weighted by Crippen LogP contribution is 2.18. The summed E-state index contributed by atoms with van der Waals surface area (Å²) < 4.78 is 0.968. The van der Waals surface area contributed by atoms with E-state index in [2.05, 4.69) is 49.1 Å². The zero-order valence-corrected chi connectivity index (χ0v) is 9.46. The molecule has 10 heavy (non-hydrogen) atoms. The van der Waals surface area contributed by atoms with Gasteiger partial charge in [0, 0.05) is 16.6 Å². The van der Waals surface area contributed by atoms with Crippen LogP contribution in [0.5, 0.6) is 0 Å². The molecule has 0 fully saturated rings. The minimum Gasteiger partial charge on any atom is -0.234 e. The van der Waals surface area contributed by atoms with Crippen molar-refractivity contribution in [2.75, 3.05) is 0 Å². The summed E-state index contributed by atoms with van der Waals surface area (Å²) in [6, 6.07) is 0. The summed E-state index contributed by atoms with van der Waals surface area (Å²) in [7, 11) is 0. The van der Waals surface area contributed by atoms with Gasteiger partial charge in [0.2, 0.25) is 0 Å². The SMILES string of the molecule is CC(Br)Cc1csc(Br)n1. The maximum Gasteiger partial charge on any atom is 0.159 e. The Balaban J connectivity index is 2.58. The molecule has 0 aromatic carbocycles. The van der Waals surface area contributed by atoms with Gasteiger partial charge < -0.3 is 0 Å². The molecule has 1 aromatic heterocycles. The molecule has 0 aliphatic rings. The fraction of sp³-hybridized carbons (Fsp3) is 0.500. The maximum absolute atomic E-state index is 4.26. The lowest BCUT2D eigenvalue weighted by atomic mass is 10.3. The molecule has 1 aromatic rings. The number of hydrogen-bond acceptors (Lipinski definition) is 2. The molecule has 0 N–H and O–H groups in total. The lowest BCUT2D eigenvalue weighted by Gasteiger charge is -1.96. The fourth-order valence-electron chi connectivity index (χ4n) is 0.664. The van der Waals surface area contributed by atoms with Gasteiger partial charge in [-0.15, -0.1) is 11.3 Å². The topological polar surface area (TPSA) is 12.9 Å². The first-order chi connectivity index (χ1) is 4.68. The van der Waals surface area contributed by atoms with Gasteiger partial charge in [-0.05, 0) is 15.9 Å². The smallest absolute Gasteiger partial charge is 0.159 e. The second-order valence-electron chi connectivity index (χ2n) is 2.08. The number of alkyl halides is 1. The predicted octanol–water partition coefficient (Wildman–Crippen LogP) is 3.23. The van der Waals surface area contributed by atoms with Crippen LogP contribution >= 0.6 is 43.2 Å². The number of nitrogens with zero attached hydrogens (tertiary/aromatic N) is 1. The van der Waals surface area contributed by atoms with Crippen molar-refractivity contribution in [3.8, 4) is 0 Å². The highest BCUT2D eigenvalue weighted by atomic mass is 79.9. The molecule has 1 rings (SSSR count). The first-order valence-corrected chi connectivity index (χ1v) is 5.51. The van der Waals surface area contributed by atoms with Crippen LogP contribution < -0.4 is 0 Å². The molecule has 0 saturated carbocycles. The third kappa shape index (κ3) is 2.68. The van der Waals surface area contributed by atoms with Crippen LogP contribution in [0.3, 0.4) is 0 Å². The Labute approximate surface area is 81.1 Å². The number of aromatic nitrogens is 1. The summed E-state index contributed by atoms with van der Waals surface area (Å²) >= 11 is 8.41. The summed E-state index contributed by atoms with van der Waals surface area (Å²) in [5.41, 5.74) is 1.15. The quantitative estimate of drug-likeness (QED) is 0.760. The standard InChI is InChI=1S/C6H7Br2NS/c1-4(7)2-5-3-10-6(8)9-5/h3-4H,2H2,1H3. The average Bonchev–Trinajstić information content (AvgIpc) is 2.13. The van der Waals surface area contributed by atoms with Crippen LogP contribution in [0.15, 0.2) is 9.30 Å². The van der Waals surface area contributed by atoms with Crippen LogP contribution in [-0.2, 0) is 6.42 Å². The molecule has 1 heterocycles. The van der Waals surface area contributed by atoms with Gasteiger partial charge in [-0.25, -0.2) is 4.98 Å². The maximum atomic E-state index is 4.26. The monoisotopic (exact) mass is 283 g/mol.